The van der Waals surface area contributed by atoms with Crippen molar-refractivity contribution in [2.45, 2.75) is 25.8 Å². The molecular weight excluding hydrogens is 316 g/mol. The van der Waals surface area contributed by atoms with Gasteiger partial charge in [-0.15, -0.1) is 0 Å². The van der Waals surface area contributed by atoms with E-state index in [1.807, 2.05) is 12.1 Å². The van der Waals surface area contributed by atoms with Crippen LogP contribution in [0, 0.1) is 5.92 Å². The largest absolute Gasteiger partial charge is 0.497 e. The molecule has 2 rings (SSSR count). The Hall–Kier alpha value is -1.60. The van der Waals surface area contributed by atoms with Crippen LogP contribution in [-0.2, 0) is 21.4 Å². The fraction of sp³-hybridized carbons (Fsp3) is 0.562. The Balaban J connectivity index is 1.89. The van der Waals surface area contributed by atoms with Crippen molar-refractivity contribution >= 4 is 15.9 Å². The molecule has 0 spiro atoms. The number of methoxy groups -OCH3 is 1. The number of hydrogen-bond acceptors (Lipinski definition) is 4. The predicted molar refractivity (Wildman–Crippen MR) is 88.6 cm³/mol. The Bertz CT molecular complexity index is 624. The second kappa shape index (κ2) is 7.79. The van der Waals surface area contributed by atoms with Gasteiger partial charge < -0.3 is 10.1 Å². The maximum Gasteiger partial charge on any atom is 0.223 e. The van der Waals surface area contributed by atoms with E-state index in [-0.39, 0.29) is 24.9 Å². The van der Waals surface area contributed by atoms with Gasteiger partial charge in [-0.25, -0.2) is 8.42 Å². The first kappa shape index (κ1) is 17.7. The van der Waals surface area contributed by atoms with Crippen LogP contribution in [0.1, 0.15) is 24.8 Å². The van der Waals surface area contributed by atoms with Gasteiger partial charge in [-0.2, -0.15) is 4.31 Å². The topological polar surface area (TPSA) is 75.7 Å². The van der Waals surface area contributed by atoms with E-state index >= 15 is 0 Å². The van der Waals surface area contributed by atoms with Crippen LogP contribution in [0.25, 0.3) is 0 Å². The van der Waals surface area contributed by atoms with Crippen molar-refractivity contribution in [3.63, 3.8) is 0 Å². The summed E-state index contributed by atoms with van der Waals surface area (Å²) in [6, 6.07) is 7.27. The summed E-state index contributed by atoms with van der Waals surface area (Å²) in [6.07, 6.45) is 4.16. The zero-order valence-electron chi connectivity index (χ0n) is 13.6. The van der Waals surface area contributed by atoms with Gasteiger partial charge in [0, 0.05) is 25.6 Å². The van der Waals surface area contributed by atoms with E-state index in [1.165, 1.54) is 10.6 Å². The smallest absolute Gasteiger partial charge is 0.223 e. The molecule has 1 N–H and O–H groups in total. The summed E-state index contributed by atoms with van der Waals surface area (Å²) in [6.45, 7) is 0.879. The van der Waals surface area contributed by atoms with Crippen molar-refractivity contribution < 1.29 is 17.9 Å². The molecule has 1 aromatic rings. The third kappa shape index (κ3) is 5.21. The summed E-state index contributed by atoms with van der Waals surface area (Å²) < 4.78 is 30.3. The standard InChI is InChI=1S/C16H24N2O4S/c1-22-15-8-6-13(7-9-15)12-18(23(2,20)21)11-10-17-16(19)14-4-3-5-14/h6-9,14H,3-5,10-12H2,1-2H3,(H,17,19). The van der Waals surface area contributed by atoms with E-state index in [2.05, 4.69) is 5.32 Å². The Morgan fingerprint density at radius 3 is 2.43 bits per heavy atom. The molecule has 0 unspecified atom stereocenters. The molecule has 0 bridgehead atoms. The molecule has 1 amide bonds. The van der Waals surface area contributed by atoms with Crippen molar-refractivity contribution in [1.82, 2.24) is 9.62 Å². The molecule has 1 aliphatic rings. The number of carbonyl (C=O) groups excluding carboxylic acids is 1. The van der Waals surface area contributed by atoms with Crippen molar-refractivity contribution in [2.75, 3.05) is 26.5 Å². The summed E-state index contributed by atoms with van der Waals surface area (Å²) in [5, 5.41) is 2.83. The van der Waals surface area contributed by atoms with Crippen LogP contribution in [0.2, 0.25) is 0 Å². The van der Waals surface area contributed by atoms with E-state index in [0.717, 1.165) is 30.6 Å². The van der Waals surface area contributed by atoms with Gasteiger partial charge >= 0.3 is 0 Å². The quantitative estimate of drug-likeness (QED) is 0.775. The first-order valence-corrected chi connectivity index (χ1v) is 9.61. The lowest BCUT2D eigenvalue weighted by atomic mass is 9.85. The minimum atomic E-state index is -3.34. The number of nitrogens with zero attached hydrogens (tertiary/aromatic N) is 1. The van der Waals surface area contributed by atoms with E-state index in [9.17, 15) is 13.2 Å². The summed E-state index contributed by atoms with van der Waals surface area (Å²) in [4.78, 5) is 11.8. The van der Waals surface area contributed by atoms with Crippen LogP contribution < -0.4 is 10.1 Å². The number of nitrogens with one attached hydrogen (secondary N) is 1. The number of ether oxygens (including phenoxy) is 1. The molecule has 23 heavy (non-hydrogen) atoms. The van der Waals surface area contributed by atoms with Gasteiger partial charge in [0.05, 0.1) is 13.4 Å². The summed E-state index contributed by atoms with van der Waals surface area (Å²) in [5.41, 5.74) is 0.876. The average Bonchev–Trinajstić information content (AvgIpc) is 2.44. The molecule has 6 nitrogen and oxygen atoms in total. The number of benzene rings is 1. The number of sulfonamides is 1. The molecule has 0 heterocycles. The first-order valence-electron chi connectivity index (χ1n) is 7.76. The van der Waals surface area contributed by atoms with E-state index in [1.54, 1.807) is 19.2 Å². The molecule has 0 aromatic heterocycles. The van der Waals surface area contributed by atoms with Gasteiger partial charge in [0.2, 0.25) is 15.9 Å². The lowest BCUT2D eigenvalue weighted by Crippen LogP contribution is -2.40. The number of carbonyl (C=O) groups is 1. The zero-order valence-corrected chi connectivity index (χ0v) is 14.4. The summed E-state index contributed by atoms with van der Waals surface area (Å²) >= 11 is 0. The minimum Gasteiger partial charge on any atom is -0.497 e. The predicted octanol–water partition coefficient (Wildman–Crippen LogP) is 1.37. The highest BCUT2D eigenvalue weighted by atomic mass is 32.2. The van der Waals surface area contributed by atoms with E-state index in [4.69, 9.17) is 4.74 Å². The van der Waals surface area contributed by atoms with Gasteiger partial charge in [-0.3, -0.25) is 4.79 Å². The first-order chi connectivity index (χ1) is 10.9. The van der Waals surface area contributed by atoms with Crippen molar-refractivity contribution in [3.05, 3.63) is 29.8 Å². The van der Waals surface area contributed by atoms with Crippen LogP contribution in [0.4, 0.5) is 0 Å². The van der Waals surface area contributed by atoms with Crippen LogP contribution in [0.15, 0.2) is 24.3 Å². The Morgan fingerprint density at radius 1 is 1.30 bits per heavy atom. The van der Waals surface area contributed by atoms with Crippen molar-refractivity contribution in [2.24, 2.45) is 5.92 Å². The van der Waals surface area contributed by atoms with Crippen LogP contribution in [-0.4, -0.2) is 45.1 Å². The maximum atomic E-state index is 11.9. The minimum absolute atomic E-state index is 0.0362. The third-order valence-corrected chi connectivity index (χ3v) is 5.37. The second-order valence-corrected chi connectivity index (χ2v) is 7.85. The number of rotatable bonds is 8. The molecule has 1 fully saturated rings. The number of hydrogen-bond donors (Lipinski definition) is 1. The molecule has 0 radical (unpaired) electrons. The normalized spacial score (nSPS) is 15.3. The average molecular weight is 340 g/mol. The highest BCUT2D eigenvalue weighted by Crippen LogP contribution is 2.26. The van der Waals surface area contributed by atoms with Gasteiger partial charge in [-0.1, -0.05) is 18.6 Å². The number of amides is 1. The summed E-state index contributed by atoms with van der Waals surface area (Å²) in [7, 11) is -1.75. The van der Waals surface area contributed by atoms with E-state index in [0.29, 0.717) is 6.54 Å². The fourth-order valence-corrected chi connectivity index (χ4v) is 3.22. The molecule has 1 saturated carbocycles. The monoisotopic (exact) mass is 340 g/mol. The molecule has 1 aliphatic carbocycles. The van der Waals surface area contributed by atoms with Crippen molar-refractivity contribution in [1.29, 1.82) is 0 Å². The summed E-state index contributed by atoms with van der Waals surface area (Å²) in [5.74, 6) is 0.879. The molecule has 0 atom stereocenters. The molecular formula is C16H24N2O4S. The molecule has 128 valence electrons. The third-order valence-electron chi connectivity index (χ3n) is 4.12. The highest BCUT2D eigenvalue weighted by Gasteiger charge is 2.25. The lowest BCUT2D eigenvalue weighted by molar-refractivity contribution is -0.127. The Morgan fingerprint density at radius 2 is 1.96 bits per heavy atom. The molecule has 0 aliphatic heterocycles. The van der Waals surface area contributed by atoms with Gasteiger partial charge in [-0.05, 0) is 30.5 Å². The van der Waals surface area contributed by atoms with Gasteiger partial charge in [0.25, 0.3) is 0 Å². The van der Waals surface area contributed by atoms with Crippen LogP contribution in [0.5, 0.6) is 5.75 Å². The second-order valence-electron chi connectivity index (χ2n) is 5.86. The van der Waals surface area contributed by atoms with Crippen LogP contribution >= 0.6 is 0 Å². The Labute approximate surface area is 137 Å². The zero-order chi connectivity index (χ0) is 16.9. The highest BCUT2D eigenvalue weighted by molar-refractivity contribution is 7.88. The molecule has 7 heteroatoms. The molecule has 1 aromatic carbocycles. The van der Waals surface area contributed by atoms with Crippen molar-refractivity contribution in [3.8, 4) is 5.75 Å². The molecule has 0 saturated heterocycles. The fourth-order valence-electron chi connectivity index (χ4n) is 2.42. The SMILES string of the molecule is COc1ccc(CN(CCNC(=O)C2CCC2)S(C)(=O)=O)cc1. The van der Waals surface area contributed by atoms with E-state index < -0.39 is 10.0 Å². The Kier molecular flexibility index (Phi) is 6.01. The lowest BCUT2D eigenvalue weighted by Gasteiger charge is -2.25. The maximum absolute atomic E-state index is 11.9. The van der Waals surface area contributed by atoms with Gasteiger partial charge in [0.15, 0.2) is 0 Å². The van der Waals surface area contributed by atoms with Gasteiger partial charge in [0.1, 0.15) is 5.75 Å². The van der Waals surface area contributed by atoms with Crippen LogP contribution in [0.3, 0.4) is 0 Å².